The van der Waals surface area contributed by atoms with E-state index in [0.29, 0.717) is 0 Å². The second kappa shape index (κ2) is 6.94. The molecule has 3 N–H and O–H groups in total. The molecule has 0 fully saturated rings. The van der Waals surface area contributed by atoms with Crippen molar-refractivity contribution in [2.45, 2.75) is 12.0 Å². The van der Waals surface area contributed by atoms with E-state index in [4.69, 9.17) is 5.73 Å². The summed E-state index contributed by atoms with van der Waals surface area (Å²) >= 11 is 0. The van der Waals surface area contributed by atoms with Crippen LogP contribution >= 0.6 is 0 Å². The number of nitrogens with one attached hydrogen (secondary N) is 1. The summed E-state index contributed by atoms with van der Waals surface area (Å²) in [5, 5.41) is 6.34. The average Bonchev–Trinajstić information content (AvgIpc) is 3.34. The van der Waals surface area contributed by atoms with Crippen LogP contribution in [-0.4, -0.2) is 39.0 Å². The van der Waals surface area contributed by atoms with Gasteiger partial charge in [-0.2, -0.15) is 5.10 Å². The molecule has 1 aliphatic heterocycles. The second-order valence-electron chi connectivity index (χ2n) is 6.59. The molecule has 7 nitrogen and oxygen atoms in total. The van der Waals surface area contributed by atoms with Crippen LogP contribution in [-0.2, 0) is 10.3 Å². The minimum absolute atomic E-state index is 0.0101. The van der Waals surface area contributed by atoms with Crippen LogP contribution in [0.1, 0.15) is 23.2 Å². The highest BCUT2D eigenvalue weighted by Gasteiger charge is 2.50. The van der Waals surface area contributed by atoms with Crippen molar-refractivity contribution in [2.75, 3.05) is 7.05 Å². The molecule has 1 aliphatic rings. The lowest BCUT2D eigenvalue weighted by Crippen LogP contribution is -2.41. The van der Waals surface area contributed by atoms with E-state index in [2.05, 4.69) is 20.2 Å². The van der Waals surface area contributed by atoms with Gasteiger partial charge in [0.15, 0.2) is 23.1 Å². The molecular weight excluding hydrogens is 404 g/mol. The molecule has 11 heteroatoms. The van der Waals surface area contributed by atoms with Gasteiger partial charge in [-0.1, -0.05) is 0 Å². The Morgan fingerprint density at radius 1 is 1.17 bits per heavy atom. The van der Waals surface area contributed by atoms with Crippen molar-refractivity contribution < 1.29 is 22.4 Å². The number of rotatable bonds is 4. The first-order chi connectivity index (χ1) is 14.3. The Hall–Kier alpha value is -3.76. The van der Waals surface area contributed by atoms with Crippen molar-refractivity contribution >= 4 is 11.9 Å². The third-order valence-corrected chi connectivity index (χ3v) is 4.89. The Labute approximate surface area is 167 Å². The Bertz CT molecular complexity index is 1160. The molecule has 1 aromatic carbocycles. The molecule has 0 radical (unpaired) electrons. The maximum absolute atomic E-state index is 14.5. The number of alkyl halides is 2. The monoisotopic (exact) mass is 418 g/mol. The lowest BCUT2D eigenvalue weighted by Gasteiger charge is -2.27. The maximum Gasteiger partial charge on any atom is 0.280 e. The number of likely N-dealkylation sites (N-methyl/N-ethyl adjacent to an activating group) is 1. The fraction of sp³-hybridized carbons (Fsp3) is 0.158. The summed E-state index contributed by atoms with van der Waals surface area (Å²) in [6.07, 6.45) is -0.413. The number of aromatic amines is 1. The van der Waals surface area contributed by atoms with Crippen molar-refractivity contribution in [3.63, 3.8) is 0 Å². The number of aliphatic imine (C=N–C) groups is 1. The molecule has 0 saturated heterocycles. The number of guanidine groups is 1. The van der Waals surface area contributed by atoms with Crippen molar-refractivity contribution in [1.29, 1.82) is 0 Å². The molecule has 0 spiro atoms. The van der Waals surface area contributed by atoms with Gasteiger partial charge in [-0.3, -0.25) is 19.8 Å². The summed E-state index contributed by atoms with van der Waals surface area (Å²) in [4.78, 5) is 22.0. The fourth-order valence-electron chi connectivity index (χ4n) is 3.37. The molecule has 3 heterocycles. The average molecular weight is 418 g/mol. The molecule has 0 aliphatic carbocycles. The molecule has 0 saturated carbocycles. The van der Waals surface area contributed by atoms with Gasteiger partial charge in [-0.15, -0.1) is 0 Å². The molecule has 154 valence electrons. The topological polar surface area (TPSA) is 100 Å². The Kier molecular flexibility index (Phi) is 4.52. The summed E-state index contributed by atoms with van der Waals surface area (Å²) in [5.74, 6) is -3.37. The summed E-state index contributed by atoms with van der Waals surface area (Å²) in [6, 6.07) is 5.70. The number of carbonyl (C=O) groups is 1. The number of hydrogen-bond acceptors (Lipinski definition) is 5. The number of halogens is 4. The number of aromatic nitrogens is 3. The number of nitrogens with two attached hydrogens (primary N) is 1. The highest BCUT2D eigenvalue weighted by molar-refractivity contribution is 6.09. The minimum Gasteiger partial charge on any atom is -0.369 e. The Morgan fingerprint density at radius 2 is 1.93 bits per heavy atom. The van der Waals surface area contributed by atoms with Gasteiger partial charge in [0.2, 0.25) is 0 Å². The van der Waals surface area contributed by atoms with Crippen LogP contribution < -0.4 is 5.73 Å². The zero-order valence-electron chi connectivity index (χ0n) is 15.4. The normalized spacial score (nSPS) is 18.9. The predicted octanol–water partition coefficient (Wildman–Crippen LogP) is 2.72. The SMILES string of the molecule is CN1C(=O)C(c2ccnc(C(F)F)c2)(c2cc(F)c(F)c(-c3cc[nH]n3)c2)N=C1N. The van der Waals surface area contributed by atoms with Crippen LogP contribution in [0.4, 0.5) is 17.6 Å². The van der Waals surface area contributed by atoms with Crippen molar-refractivity contribution in [2.24, 2.45) is 10.7 Å². The summed E-state index contributed by atoms with van der Waals surface area (Å²) < 4.78 is 55.5. The minimum atomic E-state index is -2.91. The lowest BCUT2D eigenvalue weighted by atomic mass is 9.82. The largest absolute Gasteiger partial charge is 0.369 e. The first kappa shape index (κ1) is 19.6. The smallest absolute Gasteiger partial charge is 0.280 e. The predicted molar refractivity (Wildman–Crippen MR) is 98.3 cm³/mol. The molecule has 4 rings (SSSR count). The van der Waals surface area contributed by atoms with E-state index in [1.807, 2.05) is 0 Å². The van der Waals surface area contributed by atoms with Crippen LogP contribution in [0.15, 0.2) is 47.7 Å². The molecule has 1 amide bonds. The van der Waals surface area contributed by atoms with Crippen LogP contribution in [0.25, 0.3) is 11.3 Å². The standard InChI is InChI=1S/C19H14F4N6O/c1-29-17(30)19(27-18(29)24,9-2-4-25-14(8-9)16(22)23)10-6-11(13-3-5-26-28-13)15(21)12(20)7-10/h2-8,16H,1H3,(H2,24,27)(H,26,28). The van der Waals surface area contributed by atoms with Gasteiger partial charge in [0.05, 0.1) is 5.69 Å². The van der Waals surface area contributed by atoms with Gasteiger partial charge in [0.1, 0.15) is 5.69 Å². The lowest BCUT2D eigenvalue weighted by molar-refractivity contribution is -0.129. The quantitative estimate of drug-likeness (QED) is 0.637. The van der Waals surface area contributed by atoms with E-state index in [1.165, 1.54) is 31.4 Å². The summed E-state index contributed by atoms with van der Waals surface area (Å²) in [6.45, 7) is 0. The number of H-pyrrole nitrogens is 1. The van der Waals surface area contributed by atoms with Crippen LogP contribution in [0.3, 0.4) is 0 Å². The maximum atomic E-state index is 14.5. The number of pyridine rings is 1. The van der Waals surface area contributed by atoms with Crippen LogP contribution in [0.5, 0.6) is 0 Å². The van der Waals surface area contributed by atoms with Crippen LogP contribution in [0.2, 0.25) is 0 Å². The Balaban J connectivity index is 2.02. The van der Waals surface area contributed by atoms with Crippen LogP contribution in [0, 0.1) is 11.6 Å². The summed E-state index contributed by atoms with van der Waals surface area (Å²) in [5.41, 5.74) is 2.98. The number of carbonyl (C=O) groups excluding carboxylic acids is 1. The number of amides is 1. The first-order valence-corrected chi connectivity index (χ1v) is 8.63. The van der Waals surface area contributed by atoms with Gasteiger partial charge < -0.3 is 5.73 Å². The molecule has 1 unspecified atom stereocenters. The van der Waals surface area contributed by atoms with Gasteiger partial charge in [-0.25, -0.2) is 22.6 Å². The zero-order chi connectivity index (χ0) is 21.6. The fourth-order valence-corrected chi connectivity index (χ4v) is 3.37. The molecule has 2 aromatic heterocycles. The molecular formula is C19H14F4N6O. The number of hydrogen-bond donors (Lipinski definition) is 2. The van der Waals surface area contributed by atoms with Gasteiger partial charge >= 0.3 is 0 Å². The molecule has 1 atom stereocenters. The van der Waals surface area contributed by atoms with E-state index in [-0.39, 0.29) is 28.3 Å². The molecule has 3 aromatic rings. The highest BCUT2D eigenvalue weighted by atomic mass is 19.3. The van der Waals surface area contributed by atoms with E-state index >= 15 is 0 Å². The first-order valence-electron chi connectivity index (χ1n) is 8.63. The zero-order valence-corrected chi connectivity index (χ0v) is 15.4. The summed E-state index contributed by atoms with van der Waals surface area (Å²) in [7, 11) is 1.34. The van der Waals surface area contributed by atoms with E-state index in [1.54, 1.807) is 0 Å². The van der Waals surface area contributed by atoms with Crippen molar-refractivity contribution in [3.8, 4) is 11.3 Å². The van der Waals surface area contributed by atoms with E-state index in [9.17, 15) is 22.4 Å². The molecule has 0 bridgehead atoms. The van der Waals surface area contributed by atoms with Gasteiger partial charge in [-0.05, 0) is 41.5 Å². The third kappa shape index (κ3) is 2.81. The van der Waals surface area contributed by atoms with Gasteiger partial charge in [0, 0.05) is 25.0 Å². The highest BCUT2D eigenvalue weighted by Crippen LogP contribution is 2.42. The number of benzene rings is 1. The van der Waals surface area contributed by atoms with Crippen molar-refractivity contribution in [1.82, 2.24) is 20.1 Å². The van der Waals surface area contributed by atoms with E-state index in [0.717, 1.165) is 23.2 Å². The third-order valence-electron chi connectivity index (χ3n) is 4.89. The van der Waals surface area contributed by atoms with Crippen molar-refractivity contribution in [3.05, 3.63) is 71.2 Å². The molecule has 30 heavy (non-hydrogen) atoms. The second-order valence-corrected chi connectivity index (χ2v) is 6.59. The number of nitrogens with zero attached hydrogens (tertiary/aromatic N) is 4. The Morgan fingerprint density at radius 3 is 2.53 bits per heavy atom. The van der Waals surface area contributed by atoms with E-state index < -0.39 is 35.2 Å². The van der Waals surface area contributed by atoms with Gasteiger partial charge in [0.25, 0.3) is 12.3 Å².